The number of methoxy groups -OCH3 is 1. The number of hydrogen-bond donors (Lipinski definition) is 1. The maximum absolute atomic E-state index is 13.4. The van der Waals surface area contributed by atoms with Crippen LogP contribution in [-0.4, -0.2) is 61.1 Å². The van der Waals surface area contributed by atoms with Gasteiger partial charge in [0.05, 0.1) is 12.7 Å². The van der Waals surface area contributed by atoms with Gasteiger partial charge in [-0.25, -0.2) is 12.7 Å². The second-order valence-electron chi connectivity index (χ2n) is 9.87. The predicted octanol–water partition coefficient (Wildman–Crippen LogP) is 3.49. The summed E-state index contributed by atoms with van der Waals surface area (Å²) in [6.07, 6.45) is 5.34. The molecule has 4 rings (SSSR count). The molecule has 1 aliphatic carbocycles. The molecule has 38 heavy (non-hydrogen) atoms. The smallest absolute Gasteiger partial charge is 0.269 e. The van der Waals surface area contributed by atoms with Gasteiger partial charge in [0.15, 0.2) is 0 Å². The highest BCUT2D eigenvalue weighted by molar-refractivity contribution is 7.90. The van der Waals surface area contributed by atoms with Gasteiger partial charge in [0.1, 0.15) is 16.7 Å². The van der Waals surface area contributed by atoms with Crippen LogP contribution in [0.4, 0.5) is 0 Å². The molecule has 1 aliphatic heterocycles. The van der Waals surface area contributed by atoms with Gasteiger partial charge in [-0.2, -0.15) is 0 Å². The molecule has 1 fully saturated rings. The lowest BCUT2D eigenvalue weighted by molar-refractivity contribution is -0.141. The van der Waals surface area contributed by atoms with E-state index in [4.69, 9.17) is 4.74 Å². The van der Waals surface area contributed by atoms with Crippen LogP contribution in [0.1, 0.15) is 67.8 Å². The Morgan fingerprint density at radius 1 is 1.08 bits per heavy atom. The highest BCUT2D eigenvalue weighted by Crippen LogP contribution is 2.30. The average molecular weight is 542 g/mol. The molecule has 10 heteroatoms. The molecule has 3 amide bonds. The Morgan fingerprint density at radius 3 is 2.42 bits per heavy atom. The molecule has 0 aromatic heterocycles. The van der Waals surface area contributed by atoms with Gasteiger partial charge in [-0.1, -0.05) is 43.5 Å². The Labute approximate surface area is 224 Å². The number of carbonyl (C=O) groups excluding carboxylic acids is 3. The summed E-state index contributed by atoms with van der Waals surface area (Å²) in [6.45, 7) is 1.82. The molecular weight excluding hydrogens is 506 g/mol. The van der Waals surface area contributed by atoms with Crippen LogP contribution in [0.3, 0.4) is 0 Å². The molecular formula is C28H35N3O6S. The zero-order chi connectivity index (χ0) is 27.3. The molecule has 1 heterocycles. The summed E-state index contributed by atoms with van der Waals surface area (Å²) in [7, 11) is -2.36. The third kappa shape index (κ3) is 6.01. The number of ether oxygens (including phenoxy) is 1. The lowest BCUT2D eigenvalue weighted by Crippen LogP contribution is -2.50. The number of fused-ring (bicyclic) bond motifs is 1. The van der Waals surface area contributed by atoms with E-state index in [0.717, 1.165) is 35.6 Å². The van der Waals surface area contributed by atoms with Crippen LogP contribution in [-0.2, 0) is 26.2 Å². The number of nitrogens with one attached hydrogen (secondary N) is 1. The molecule has 0 spiro atoms. The number of hydrogen-bond acceptors (Lipinski definition) is 6. The van der Waals surface area contributed by atoms with Crippen molar-refractivity contribution in [1.82, 2.24) is 14.5 Å². The van der Waals surface area contributed by atoms with Crippen molar-refractivity contribution in [2.75, 3.05) is 13.7 Å². The molecule has 9 nitrogen and oxygen atoms in total. The molecule has 2 aromatic rings. The van der Waals surface area contributed by atoms with Crippen LogP contribution in [0.5, 0.6) is 5.75 Å². The molecule has 1 unspecified atom stereocenters. The Balaban J connectivity index is 1.44. The molecule has 204 valence electrons. The largest absolute Gasteiger partial charge is 0.497 e. The average Bonchev–Trinajstić information content (AvgIpc) is 3.12. The van der Waals surface area contributed by atoms with Crippen LogP contribution in [0.25, 0.3) is 0 Å². The fourth-order valence-corrected chi connectivity index (χ4v) is 6.66. The molecule has 2 aromatic carbocycles. The normalized spacial score (nSPS) is 17.5. The zero-order valence-corrected chi connectivity index (χ0v) is 22.7. The van der Waals surface area contributed by atoms with E-state index >= 15 is 0 Å². The molecule has 2 aliphatic rings. The number of carbonyl (C=O) groups is 3. The fourth-order valence-electron chi connectivity index (χ4n) is 5.05. The third-order valence-electron chi connectivity index (χ3n) is 7.29. The van der Waals surface area contributed by atoms with Crippen LogP contribution in [0.15, 0.2) is 53.4 Å². The molecule has 1 N–H and O–H groups in total. The van der Waals surface area contributed by atoms with Crippen LogP contribution in [0.2, 0.25) is 0 Å². The summed E-state index contributed by atoms with van der Waals surface area (Å²) >= 11 is 0. The van der Waals surface area contributed by atoms with Crippen molar-refractivity contribution in [2.45, 2.75) is 75.4 Å². The number of rotatable bonds is 10. The number of amides is 3. The first-order valence-electron chi connectivity index (χ1n) is 13.1. The van der Waals surface area contributed by atoms with Crippen molar-refractivity contribution in [1.29, 1.82) is 0 Å². The van der Waals surface area contributed by atoms with Crippen molar-refractivity contribution in [2.24, 2.45) is 0 Å². The van der Waals surface area contributed by atoms with Crippen molar-refractivity contribution >= 4 is 27.7 Å². The first kappa shape index (κ1) is 27.6. The fraction of sp³-hybridized carbons (Fsp3) is 0.464. The number of benzene rings is 2. The second kappa shape index (κ2) is 12.0. The Morgan fingerprint density at radius 2 is 1.76 bits per heavy atom. The SMILES string of the molecule is COc1ccc(CN(C(=O)CCCN2C(=O)c3ccccc3S2(=O)=O)C(C)C(=O)NC2CCCCC2)cc1. The van der Waals surface area contributed by atoms with E-state index in [0.29, 0.717) is 5.75 Å². The maximum Gasteiger partial charge on any atom is 0.269 e. The summed E-state index contributed by atoms with van der Waals surface area (Å²) in [4.78, 5) is 40.7. The lowest BCUT2D eigenvalue weighted by atomic mass is 9.95. The van der Waals surface area contributed by atoms with E-state index in [1.807, 2.05) is 12.1 Å². The van der Waals surface area contributed by atoms with E-state index in [9.17, 15) is 22.8 Å². The Hall–Kier alpha value is -3.40. The zero-order valence-electron chi connectivity index (χ0n) is 21.9. The van der Waals surface area contributed by atoms with Gasteiger partial charge in [-0.05, 0) is 56.0 Å². The maximum atomic E-state index is 13.4. The first-order chi connectivity index (χ1) is 18.2. The summed E-state index contributed by atoms with van der Waals surface area (Å²) < 4.78 is 31.7. The molecule has 0 bridgehead atoms. The Bertz CT molecular complexity index is 1270. The van der Waals surface area contributed by atoms with Crippen LogP contribution in [0, 0.1) is 0 Å². The molecule has 0 radical (unpaired) electrons. The third-order valence-corrected chi connectivity index (χ3v) is 9.14. The van der Waals surface area contributed by atoms with E-state index < -0.39 is 22.0 Å². The van der Waals surface area contributed by atoms with Crippen molar-refractivity contribution in [3.8, 4) is 5.75 Å². The van der Waals surface area contributed by atoms with Crippen LogP contribution < -0.4 is 10.1 Å². The van der Waals surface area contributed by atoms with Crippen molar-refractivity contribution in [3.05, 3.63) is 59.7 Å². The number of nitrogens with zero attached hydrogens (tertiary/aromatic N) is 2. The summed E-state index contributed by atoms with van der Waals surface area (Å²) in [5.41, 5.74) is 0.983. The summed E-state index contributed by atoms with van der Waals surface area (Å²) in [5, 5.41) is 3.10. The minimum atomic E-state index is -3.93. The molecule has 1 atom stereocenters. The Kier molecular flexibility index (Phi) is 8.71. The quantitative estimate of drug-likeness (QED) is 0.493. The monoisotopic (exact) mass is 541 g/mol. The van der Waals surface area contributed by atoms with Gasteiger partial charge in [0, 0.05) is 25.6 Å². The van der Waals surface area contributed by atoms with E-state index in [2.05, 4.69) is 5.32 Å². The van der Waals surface area contributed by atoms with Gasteiger partial charge < -0.3 is 15.0 Å². The number of sulfonamides is 1. The summed E-state index contributed by atoms with van der Waals surface area (Å²) in [5.74, 6) is -0.379. The predicted molar refractivity (Wildman–Crippen MR) is 142 cm³/mol. The minimum Gasteiger partial charge on any atom is -0.497 e. The van der Waals surface area contributed by atoms with Gasteiger partial charge in [0.25, 0.3) is 15.9 Å². The van der Waals surface area contributed by atoms with E-state index in [1.54, 1.807) is 38.3 Å². The van der Waals surface area contributed by atoms with Gasteiger partial charge in [-0.15, -0.1) is 0 Å². The van der Waals surface area contributed by atoms with Gasteiger partial charge in [-0.3, -0.25) is 14.4 Å². The standard InChI is InChI=1S/C28H35N3O6S/c1-20(27(33)29-22-9-4-3-5-10-22)30(19-21-14-16-23(37-2)17-15-21)26(32)13-8-18-31-28(34)24-11-6-7-12-25(24)38(31,35)36/h6-7,11-12,14-17,20,22H,3-5,8-10,13,18-19H2,1-2H3,(H,29,33). The van der Waals surface area contributed by atoms with E-state index in [-0.39, 0.29) is 54.2 Å². The lowest BCUT2D eigenvalue weighted by Gasteiger charge is -2.31. The second-order valence-corrected chi connectivity index (χ2v) is 11.7. The summed E-state index contributed by atoms with van der Waals surface area (Å²) in [6, 6.07) is 12.8. The topological polar surface area (TPSA) is 113 Å². The van der Waals surface area contributed by atoms with Gasteiger partial charge in [0.2, 0.25) is 11.8 Å². The highest BCUT2D eigenvalue weighted by atomic mass is 32.2. The van der Waals surface area contributed by atoms with Crippen molar-refractivity contribution < 1.29 is 27.5 Å². The highest BCUT2D eigenvalue weighted by Gasteiger charge is 2.40. The van der Waals surface area contributed by atoms with Crippen molar-refractivity contribution in [3.63, 3.8) is 0 Å². The molecule has 0 saturated heterocycles. The van der Waals surface area contributed by atoms with E-state index in [1.165, 1.54) is 23.5 Å². The van der Waals surface area contributed by atoms with Crippen LogP contribution >= 0.6 is 0 Å². The first-order valence-corrected chi connectivity index (χ1v) is 14.5. The minimum absolute atomic E-state index is 0.00709. The van der Waals surface area contributed by atoms with Gasteiger partial charge >= 0.3 is 0 Å². The molecule has 1 saturated carbocycles.